The molecule has 18 heavy (non-hydrogen) atoms. The number of aromatic nitrogens is 1. The lowest BCUT2D eigenvalue weighted by atomic mass is 10.3. The van der Waals surface area contributed by atoms with E-state index in [0.717, 1.165) is 18.2 Å². The Hall–Kier alpha value is -2.18. The van der Waals surface area contributed by atoms with E-state index in [1.54, 1.807) is 0 Å². The van der Waals surface area contributed by atoms with E-state index in [4.69, 9.17) is 0 Å². The minimum absolute atomic E-state index is 0.0497. The van der Waals surface area contributed by atoms with Crippen LogP contribution in [0.15, 0.2) is 24.3 Å². The average Bonchev–Trinajstić information content (AvgIpc) is 2.31. The maximum Gasteiger partial charge on any atom is 0.251 e. The quantitative estimate of drug-likeness (QED) is 0.660. The predicted molar refractivity (Wildman–Crippen MR) is 53.8 cm³/mol. The van der Waals surface area contributed by atoms with E-state index in [-0.39, 0.29) is 5.69 Å². The van der Waals surface area contributed by atoms with Gasteiger partial charge in [-0.1, -0.05) is 0 Å². The van der Waals surface area contributed by atoms with Gasteiger partial charge < -0.3 is 5.32 Å². The number of nitrogens with zero attached hydrogens (tertiary/aromatic N) is 1. The van der Waals surface area contributed by atoms with Gasteiger partial charge in [0.15, 0.2) is 29.1 Å². The van der Waals surface area contributed by atoms with Gasteiger partial charge in [-0.05, 0) is 12.1 Å². The largest absolute Gasteiger partial charge is 0.338 e. The molecule has 7 heteroatoms. The zero-order chi connectivity index (χ0) is 13.3. The Labute approximate surface area is 98.1 Å². The third kappa shape index (κ3) is 2.39. The summed E-state index contributed by atoms with van der Waals surface area (Å²) in [6, 6.07) is 2.93. The van der Waals surface area contributed by atoms with Gasteiger partial charge in [0, 0.05) is 17.8 Å². The fraction of sp³-hybridized carbons (Fsp3) is 0. The summed E-state index contributed by atoms with van der Waals surface area (Å²) in [4.78, 5) is 2.98. The van der Waals surface area contributed by atoms with Gasteiger partial charge in [-0.3, -0.25) is 0 Å². The second-order valence-electron chi connectivity index (χ2n) is 3.35. The van der Waals surface area contributed by atoms with Gasteiger partial charge in [-0.2, -0.15) is 9.37 Å². The highest BCUT2D eigenvalue weighted by molar-refractivity contribution is 5.56. The summed E-state index contributed by atoms with van der Waals surface area (Å²) < 4.78 is 64.1. The lowest BCUT2D eigenvalue weighted by Crippen LogP contribution is -2.02. The first-order chi connectivity index (χ1) is 8.47. The second kappa shape index (κ2) is 4.59. The van der Waals surface area contributed by atoms with Gasteiger partial charge in [-0.25, -0.2) is 17.6 Å². The molecule has 94 valence electrons. The standard InChI is InChI=1S/C11H5F5N2/c12-6-2-1-5(3-7(6)13)17-11-9(15)4-8(14)10(16)18-11/h1-4H,(H,17,18). The molecule has 0 saturated carbocycles. The van der Waals surface area contributed by atoms with Crippen LogP contribution in [-0.2, 0) is 0 Å². The van der Waals surface area contributed by atoms with Crippen LogP contribution in [0.1, 0.15) is 0 Å². The van der Waals surface area contributed by atoms with Gasteiger partial charge in [0.25, 0.3) is 5.95 Å². The van der Waals surface area contributed by atoms with Crippen molar-refractivity contribution in [1.82, 2.24) is 4.98 Å². The Kier molecular flexibility index (Phi) is 3.14. The van der Waals surface area contributed by atoms with Crippen molar-refractivity contribution < 1.29 is 22.0 Å². The molecule has 0 fully saturated rings. The number of anilines is 2. The topological polar surface area (TPSA) is 24.9 Å². The Balaban J connectivity index is 2.34. The van der Waals surface area contributed by atoms with Crippen molar-refractivity contribution >= 4 is 11.5 Å². The Morgan fingerprint density at radius 2 is 1.50 bits per heavy atom. The molecule has 0 unspecified atom stereocenters. The van der Waals surface area contributed by atoms with Crippen molar-refractivity contribution in [3.05, 3.63) is 53.5 Å². The van der Waals surface area contributed by atoms with E-state index in [0.29, 0.717) is 6.07 Å². The summed E-state index contributed by atoms with van der Waals surface area (Å²) >= 11 is 0. The van der Waals surface area contributed by atoms with Crippen LogP contribution in [-0.4, -0.2) is 4.98 Å². The molecule has 1 aromatic carbocycles. The van der Waals surface area contributed by atoms with E-state index >= 15 is 0 Å². The van der Waals surface area contributed by atoms with Crippen molar-refractivity contribution in [3.63, 3.8) is 0 Å². The molecule has 0 atom stereocenters. The van der Waals surface area contributed by atoms with Gasteiger partial charge in [0.2, 0.25) is 0 Å². The van der Waals surface area contributed by atoms with Crippen LogP contribution in [0, 0.1) is 29.2 Å². The van der Waals surface area contributed by atoms with Gasteiger partial charge in [-0.15, -0.1) is 0 Å². The Morgan fingerprint density at radius 1 is 0.778 bits per heavy atom. The maximum absolute atomic E-state index is 13.2. The molecule has 0 aliphatic heterocycles. The summed E-state index contributed by atoms with van der Waals surface area (Å²) in [7, 11) is 0. The van der Waals surface area contributed by atoms with Gasteiger partial charge >= 0.3 is 0 Å². The summed E-state index contributed by atoms with van der Waals surface area (Å²) in [6.45, 7) is 0. The molecule has 2 nitrogen and oxygen atoms in total. The Bertz CT molecular complexity index is 600. The molecule has 0 saturated heterocycles. The number of rotatable bonds is 2. The number of benzene rings is 1. The fourth-order valence-electron chi connectivity index (χ4n) is 1.24. The SMILES string of the molecule is Fc1ccc(Nc2nc(F)c(F)cc2F)cc1F. The first kappa shape index (κ1) is 12.3. The Morgan fingerprint density at radius 3 is 2.17 bits per heavy atom. The highest BCUT2D eigenvalue weighted by Gasteiger charge is 2.12. The molecular formula is C11H5F5N2. The molecule has 0 spiro atoms. The zero-order valence-electron chi connectivity index (χ0n) is 8.65. The number of pyridine rings is 1. The van der Waals surface area contributed by atoms with E-state index in [1.165, 1.54) is 0 Å². The number of hydrogen-bond acceptors (Lipinski definition) is 2. The monoisotopic (exact) mass is 260 g/mol. The van der Waals surface area contributed by atoms with Crippen LogP contribution < -0.4 is 5.32 Å². The number of halogens is 5. The van der Waals surface area contributed by atoms with Crippen molar-refractivity contribution in [3.8, 4) is 0 Å². The van der Waals surface area contributed by atoms with Crippen LogP contribution in [0.5, 0.6) is 0 Å². The molecule has 1 aromatic heterocycles. The highest BCUT2D eigenvalue weighted by Crippen LogP contribution is 2.21. The molecule has 1 N–H and O–H groups in total. The lowest BCUT2D eigenvalue weighted by molar-refractivity contribution is 0.467. The molecule has 0 bridgehead atoms. The van der Waals surface area contributed by atoms with Crippen molar-refractivity contribution in [2.75, 3.05) is 5.32 Å². The summed E-state index contributed by atoms with van der Waals surface area (Å²) in [5.74, 6) is -6.97. The summed E-state index contributed by atoms with van der Waals surface area (Å²) in [6.07, 6.45) is 0. The predicted octanol–water partition coefficient (Wildman–Crippen LogP) is 3.52. The molecule has 0 radical (unpaired) electrons. The molecule has 1 heterocycles. The van der Waals surface area contributed by atoms with E-state index < -0.39 is 35.0 Å². The second-order valence-corrected chi connectivity index (χ2v) is 3.35. The number of nitrogens with one attached hydrogen (secondary N) is 1. The van der Waals surface area contributed by atoms with Crippen LogP contribution in [0.3, 0.4) is 0 Å². The molecule has 2 rings (SSSR count). The average molecular weight is 260 g/mol. The van der Waals surface area contributed by atoms with Crippen LogP contribution in [0.4, 0.5) is 33.5 Å². The molecule has 2 aromatic rings. The minimum Gasteiger partial charge on any atom is -0.338 e. The third-order valence-corrected chi connectivity index (χ3v) is 2.07. The zero-order valence-corrected chi connectivity index (χ0v) is 8.65. The van der Waals surface area contributed by atoms with Crippen LogP contribution >= 0.6 is 0 Å². The van der Waals surface area contributed by atoms with Gasteiger partial charge in [0.05, 0.1) is 0 Å². The normalized spacial score (nSPS) is 10.5. The van der Waals surface area contributed by atoms with Crippen LogP contribution in [0.25, 0.3) is 0 Å². The van der Waals surface area contributed by atoms with Crippen molar-refractivity contribution in [2.24, 2.45) is 0 Å². The molecule has 0 aliphatic rings. The smallest absolute Gasteiger partial charge is 0.251 e. The van der Waals surface area contributed by atoms with Crippen molar-refractivity contribution in [1.29, 1.82) is 0 Å². The first-order valence-electron chi connectivity index (χ1n) is 4.71. The van der Waals surface area contributed by atoms with E-state index in [9.17, 15) is 22.0 Å². The highest BCUT2D eigenvalue weighted by atomic mass is 19.2. The minimum atomic E-state index is -1.50. The molecule has 0 aliphatic carbocycles. The summed E-state index contributed by atoms with van der Waals surface area (Å²) in [5.41, 5.74) is -0.0497. The van der Waals surface area contributed by atoms with E-state index in [1.807, 2.05) is 0 Å². The third-order valence-electron chi connectivity index (χ3n) is 2.07. The van der Waals surface area contributed by atoms with Crippen LogP contribution in [0.2, 0.25) is 0 Å². The lowest BCUT2D eigenvalue weighted by Gasteiger charge is -2.07. The van der Waals surface area contributed by atoms with E-state index in [2.05, 4.69) is 10.3 Å². The summed E-state index contributed by atoms with van der Waals surface area (Å²) in [5, 5.41) is 2.21. The number of hydrogen-bond donors (Lipinski definition) is 1. The fourth-order valence-corrected chi connectivity index (χ4v) is 1.24. The molecular weight excluding hydrogens is 255 g/mol. The van der Waals surface area contributed by atoms with Crippen molar-refractivity contribution in [2.45, 2.75) is 0 Å². The maximum atomic E-state index is 13.2. The first-order valence-corrected chi connectivity index (χ1v) is 4.71. The van der Waals surface area contributed by atoms with Gasteiger partial charge in [0.1, 0.15) is 0 Å². The molecule has 0 amide bonds.